The zero-order chi connectivity index (χ0) is 22.8. The van der Waals surface area contributed by atoms with Gasteiger partial charge < -0.3 is 44.7 Å². The second-order valence-corrected chi connectivity index (χ2v) is 7.92. The third-order valence-electron chi connectivity index (χ3n) is 6.25. The molecule has 5 heterocycles. The van der Waals surface area contributed by atoms with Gasteiger partial charge in [-0.15, -0.1) is 0 Å². The summed E-state index contributed by atoms with van der Waals surface area (Å²) in [6, 6.07) is 0. The smallest absolute Gasteiger partial charge is 0.337 e. The summed E-state index contributed by atoms with van der Waals surface area (Å²) >= 11 is 0. The van der Waals surface area contributed by atoms with Crippen LogP contribution in [0.3, 0.4) is 0 Å². The van der Waals surface area contributed by atoms with Gasteiger partial charge in [-0.25, -0.2) is 19.7 Å². The van der Waals surface area contributed by atoms with E-state index in [4.69, 9.17) is 24.7 Å². The number of nitrogens with two attached hydrogens (primary N) is 1. The molecule has 174 valence electrons. The number of rotatable bonds is 3. The van der Waals surface area contributed by atoms with Crippen molar-refractivity contribution in [1.82, 2.24) is 19.5 Å². The molecule has 5 N–H and O–H groups in total. The van der Waals surface area contributed by atoms with E-state index < -0.39 is 60.7 Å². The number of aliphatic hydroxyl groups excluding tert-OH is 2. The number of imidazole rings is 1. The van der Waals surface area contributed by atoms with E-state index in [0.717, 1.165) is 7.11 Å². The number of hydrogen-bond donors (Lipinski definition) is 4. The number of esters is 1. The van der Waals surface area contributed by atoms with Gasteiger partial charge in [0.15, 0.2) is 23.8 Å². The van der Waals surface area contributed by atoms with Gasteiger partial charge in [0.1, 0.15) is 42.4 Å². The van der Waals surface area contributed by atoms with Crippen molar-refractivity contribution in [1.29, 1.82) is 0 Å². The summed E-state index contributed by atoms with van der Waals surface area (Å²) in [6.45, 7) is 0. The van der Waals surface area contributed by atoms with Crippen LogP contribution in [0.15, 0.2) is 12.7 Å². The van der Waals surface area contributed by atoms with Crippen LogP contribution in [0.5, 0.6) is 0 Å². The number of anilines is 1. The standard InChI is InChI=1S/C18H23N5O9/c1-28-12-10-6(30-16(12)23-5-22-8-14(19)20-4-21-15(8)23)3-7-18(27,32-10)13(25)9(24)11(31-7)17(26)29-2/h4-7,9-13,16,24-25,27H,3H2,1-2H3,(H2,19,20,21)/t6-,7+,9-,10-,11+,12+,13+,16-,18-/m1/s1. The molecule has 0 saturated carbocycles. The molecule has 3 aliphatic heterocycles. The number of fused-ring (bicyclic) bond motifs is 3. The number of nitrogens with zero attached hydrogens (tertiary/aromatic N) is 4. The Morgan fingerprint density at radius 1 is 1.28 bits per heavy atom. The number of aliphatic hydroxyl groups is 3. The van der Waals surface area contributed by atoms with Gasteiger partial charge >= 0.3 is 5.97 Å². The highest BCUT2D eigenvalue weighted by Gasteiger charge is 2.65. The van der Waals surface area contributed by atoms with E-state index in [2.05, 4.69) is 19.7 Å². The maximum absolute atomic E-state index is 12.0. The van der Waals surface area contributed by atoms with Gasteiger partial charge in [0.2, 0.25) is 5.79 Å². The van der Waals surface area contributed by atoms with Gasteiger partial charge in [0, 0.05) is 13.5 Å². The van der Waals surface area contributed by atoms with Crippen molar-refractivity contribution in [2.75, 3.05) is 20.0 Å². The summed E-state index contributed by atoms with van der Waals surface area (Å²) in [6.07, 6.45) is -6.47. The maximum Gasteiger partial charge on any atom is 0.337 e. The molecule has 14 nitrogen and oxygen atoms in total. The van der Waals surface area contributed by atoms with E-state index in [1.807, 2.05) is 0 Å². The van der Waals surface area contributed by atoms with E-state index in [1.165, 1.54) is 19.8 Å². The fourth-order valence-corrected chi connectivity index (χ4v) is 4.64. The summed E-state index contributed by atoms with van der Waals surface area (Å²) in [5, 5.41) is 32.1. The van der Waals surface area contributed by atoms with Gasteiger partial charge in [0.05, 0.1) is 19.5 Å². The van der Waals surface area contributed by atoms with Crippen molar-refractivity contribution in [3.8, 4) is 0 Å². The van der Waals surface area contributed by atoms with E-state index in [1.54, 1.807) is 4.57 Å². The van der Waals surface area contributed by atoms with E-state index in [9.17, 15) is 20.1 Å². The molecular weight excluding hydrogens is 430 g/mol. The average Bonchev–Trinajstić information content (AvgIpc) is 3.36. The lowest BCUT2D eigenvalue weighted by atomic mass is 9.84. The zero-order valence-electron chi connectivity index (χ0n) is 17.1. The molecule has 0 amide bonds. The normalized spacial score (nSPS) is 41.3. The Morgan fingerprint density at radius 2 is 2.06 bits per heavy atom. The fraction of sp³-hybridized carbons (Fsp3) is 0.667. The van der Waals surface area contributed by atoms with Gasteiger partial charge in [-0.2, -0.15) is 0 Å². The lowest BCUT2D eigenvalue weighted by molar-refractivity contribution is -0.397. The first-order valence-electron chi connectivity index (χ1n) is 9.91. The van der Waals surface area contributed by atoms with Crippen LogP contribution in [0.1, 0.15) is 12.6 Å². The number of nitrogen functional groups attached to an aromatic ring is 1. The second kappa shape index (κ2) is 7.55. The number of carbonyl (C=O) groups is 1. The Morgan fingerprint density at radius 3 is 2.78 bits per heavy atom. The predicted molar refractivity (Wildman–Crippen MR) is 102 cm³/mol. The minimum atomic E-state index is -2.30. The van der Waals surface area contributed by atoms with Gasteiger partial charge in [0.25, 0.3) is 0 Å². The van der Waals surface area contributed by atoms with Crippen LogP contribution >= 0.6 is 0 Å². The highest BCUT2D eigenvalue weighted by Crippen LogP contribution is 2.46. The molecule has 3 fully saturated rings. The Kier molecular flexibility index (Phi) is 5.05. The summed E-state index contributed by atoms with van der Waals surface area (Å²) in [5.74, 6) is -2.99. The van der Waals surface area contributed by atoms with E-state index >= 15 is 0 Å². The summed E-state index contributed by atoms with van der Waals surface area (Å²) in [4.78, 5) is 24.3. The topological polar surface area (TPSA) is 194 Å². The summed E-state index contributed by atoms with van der Waals surface area (Å²) < 4.78 is 29.4. The molecule has 0 aromatic carbocycles. The molecule has 32 heavy (non-hydrogen) atoms. The summed E-state index contributed by atoms with van der Waals surface area (Å²) in [5.41, 5.74) is 6.66. The molecule has 0 bridgehead atoms. The van der Waals surface area contributed by atoms with Gasteiger partial charge in [-0.05, 0) is 0 Å². The lowest BCUT2D eigenvalue weighted by Crippen LogP contribution is -2.72. The molecule has 3 aliphatic rings. The van der Waals surface area contributed by atoms with E-state index in [-0.39, 0.29) is 12.2 Å². The Hall–Kier alpha value is -2.46. The van der Waals surface area contributed by atoms with E-state index in [0.29, 0.717) is 11.2 Å². The quantitative estimate of drug-likeness (QED) is 0.355. The third kappa shape index (κ3) is 2.92. The number of hydrogen-bond acceptors (Lipinski definition) is 13. The van der Waals surface area contributed by atoms with Crippen LogP contribution in [-0.2, 0) is 28.5 Å². The SMILES string of the molecule is COC(=O)[C@H]1O[C@H]2C[C@H]3O[C@@H](n4cnc5c(N)ncnc54)[C@@H](OC)[C@@H]3O[C@@]2(O)[C@@H](O)[C@@H]1O. The molecule has 0 radical (unpaired) electrons. The number of aromatic nitrogens is 4. The molecule has 0 aliphatic carbocycles. The molecule has 9 atom stereocenters. The van der Waals surface area contributed by atoms with Crippen LogP contribution < -0.4 is 5.73 Å². The van der Waals surface area contributed by atoms with Crippen LogP contribution in [-0.4, -0.2) is 104 Å². The lowest BCUT2D eigenvalue weighted by Gasteiger charge is -2.52. The molecule has 0 spiro atoms. The van der Waals surface area contributed by atoms with Gasteiger partial charge in [-0.1, -0.05) is 0 Å². The van der Waals surface area contributed by atoms with Crippen molar-refractivity contribution in [3.05, 3.63) is 12.7 Å². The number of methoxy groups -OCH3 is 2. The molecule has 3 saturated heterocycles. The molecule has 5 rings (SSSR count). The first-order chi connectivity index (χ1) is 15.3. The largest absolute Gasteiger partial charge is 0.467 e. The Labute approximate surface area is 180 Å². The number of carbonyl (C=O) groups excluding carboxylic acids is 1. The molecule has 2 aromatic heterocycles. The number of ether oxygens (including phenoxy) is 5. The first-order valence-corrected chi connectivity index (χ1v) is 9.91. The van der Waals surface area contributed by atoms with Crippen molar-refractivity contribution in [2.45, 2.75) is 61.2 Å². The Bertz CT molecular complexity index is 1040. The predicted octanol–water partition coefficient (Wildman–Crippen LogP) is -2.54. The first kappa shape index (κ1) is 21.4. The van der Waals surface area contributed by atoms with Crippen LogP contribution in [0.25, 0.3) is 11.2 Å². The molecule has 0 unspecified atom stereocenters. The molecule has 2 aromatic rings. The Balaban J connectivity index is 1.47. The highest BCUT2D eigenvalue weighted by molar-refractivity contribution is 5.81. The van der Waals surface area contributed by atoms with Crippen LogP contribution in [0.2, 0.25) is 0 Å². The van der Waals surface area contributed by atoms with Crippen molar-refractivity contribution in [2.24, 2.45) is 0 Å². The van der Waals surface area contributed by atoms with Crippen LogP contribution in [0, 0.1) is 0 Å². The zero-order valence-corrected chi connectivity index (χ0v) is 17.1. The molecular formula is C18H23N5O9. The molecule has 14 heteroatoms. The summed E-state index contributed by atoms with van der Waals surface area (Å²) in [7, 11) is 2.57. The monoisotopic (exact) mass is 453 g/mol. The minimum Gasteiger partial charge on any atom is -0.467 e. The minimum absolute atomic E-state index is 0.0402. The van der Waals surface area contributed by atoms with Gasteiger partial charge in [-0.3, -0.25) is 4.57 Å². The average molecular weight is 453 g/mol. The van der Waals surface area contributed by atoms with Crippen molar-refractivity contribution in [3.63, 3.8) is 0 Å². The van der Waals surface area contributed by atoms with Crippen LogP contribution in [0.4, 0.5) is 5.82 Å². The van der Waals surface area contributed by atoms with Crippen molar-refractivity contribution >= 4 is 23.0 Å². The second-order valence-electron chi connectivity index (χ2n) is 7.92. The fourth-order valence-electron chi connectivity index (χ4n) is 4.64. The maximum atomic E-state index is 12.0. The highest BCUT2D eigenvalue weighted by atomic mass is 16.7. The third-order valence-corrected chi connectivity index (χ3v) is 6.25. The van der Waals surface area contributed by atoms with Crippen molar-refractivity contribution < 1.29 is 43.8 Å².